The molecule has 0 spiro atoms. The molecule has 1 aliphatic heterocycles. The summed E-state index contributed by atoms with van der Waals surface area (Å²) in [4.78, 5) is 11.9. The topological polar surface area (TPSA) is 68.5 Å². The van der Waals surface area contributed by atoms with Crippen LogP contribution < -0.4 is 0 Å². The van der Waals surface area contributed by atoms with Gasteiger partial charge < -0.3 is 13.9 Å². The number of allylic oxidation sites excluding steroid dienone is 1. The zero-order chi connectivity index (χ0) is 20.5. The Morgan fingerprint density at radius 1 is 1.19 bits per heavy atom. The summed E-state index contributed by atoms with van der Waals surface area (Å²) in [6.07, 6.45) is 3.04. The molecule has 0 aromatic heterocycles. The lowest BCUT2D eigenvalue weighted by Gasteiger charge is -2.37. The molecule has 0 unspecified atom stereocenters. The van der Waals surface area contributed by atoms with Crippen molar-refractivity contribution in [3.8, 4) is 6.07 Å². The molecule has 0 saturated heterocycles. The fraction of sp³-hybridized carbons (Fsp3) is 0.429. The number of hydrogen-bond donors (Lipinski definition) is 0. The highest BCUT2D eigenvalue weighted by Crippen LogP contribution is 2.40. The minimum atomic E-state index is -2.14. The Balaban J connectivity index is 2.49. The van der Waals surface area contributed by atoms with E-state index in [1.807, 2.05) is 12.1 Å². The predicted molar refractivity (Wildman–Crippen MR) is 107 cm³/mol. The molecule has 0 atom stereocenters. The lowest BCUT2D eigenvalue weighted by molar-refractivity contribution is -0.203. The van der Waals surface area contributed by atoms with E-state index >= 15 is 0 Å². The molecule has 0 radical (unpaired) electrons. The standard InChI is InChI=1S/C21H27NO4Si/c1-20(2,3)27(6,7)26-18(16-10-8-15(14-22)9-11-16)12-17-13-19(23)25-21(4,5)24-17/h8-13H,1-7H3/b18-12-. The van der Waals surface area contributed by atoms with E-state index in [-0.39, 0.29) is 5.04 Å². The van der Waals surface area contributed by atoms with Gasteiger partial charge in [-0.3, -0.25) is 0 Å². The molecule has 144 valence electrons. The molecule has 1 aliphatic rings. The van der Waals surface area contributed by atoms with E-state index in [0.717, 1.165) is 5.56 Å². The third kappa shape index (κ3) is 5.24. The minimum absolute atomic E-state index is 0.00130. The summed E-state index contributed by atoms with van der Waals surface area (Å²) in [7, 11) is -2.14. The molecule has 2 rings (SSSR count). The maximum absolute atomic E-state index is 11.9. The van der Waals surface area contributed by atoms with Gasteiger partial charge in [-0.15, -0.1) is 0 Å². The van der Waals surface area contributed by atoms with Crippen LogP contribution in [0.1, 0.15) is 45.7 Å². The highest BCUT2D eigenvalue weighted by Gasteiger charge is 2.40. The Bertz CT molecular complexity index is 821. The SMILES string of the molecule is CC1(C)OC(=O)C=C(/C=C(\O[Si](C)(C)C(C)(C)C)c2ccc(C#N)cc2)O1. The molecule has 6 heteroatoms. The van der Waals surface area contributed by atoms with Crippen LogP contribution in [-0.2, 0) is 18.7 Å². The van der Waals surface area contributed by atoms with Gasteiger partial charge in [-0.05, 0) is 30.3 Å². The van der Waals surface area contributed by atoms with Crippen molar-refractivity contribution in [3.63, 3.8) is 0 Å². The normalized spacial score (nSPS) is 17.3. The van der Waals surface area contributed by atoms with Crippen LogP contribution >= 0.6 is 0 Å². The molecule has 0 amide bonds. The molecule has 0 saturated carbocycles. The van der Waals surface area contributed by atoms with Gasteiger partial charge in [0.05, 0.1) is 17.7 Å². The Morgan fingerprint density at radius 3 is 2.26 bits per heavy atom. The Morgan fingerprint density at radius 2 is 1.78 bits per heavy atom. The van der Waals surface area contributed by atoms with Crippen molar-refractivity contribution < 1.29 is 18.7 Å². The molecule has 27 heavy (non-hydrogen) atoms. The van der Waals surface area contributed by atoms with Gasteiger partial charge >= 0.3 is 5.97 Å². The largest absolute Gasteiger partial charge is 0.543 e. The summed E-state index contributed by atoms with van der Waals surface area (Å²) < 4.78 is 17.4. The predicted octanol–water partition coefficient (Wildman–Crippen LogP) is 5.11. The van der Waals surface area contributed by atoms with E-state index in [4.69, 9.17) is 19.2 Å². The summed E-state index contributed by atoms with van der Waals surface area (Å²) in [6.45, 7) is 14.1. The molecule has 0 aliphatic carbocycles. The number of ether oxygens (including phenoxy) is 2. The van der Waals surface area contributed by atoms with Crippen molar-refractivity contribution >= 4 is 20.0 Å². The maximum atomic E-state index is 11.9. The zero-order valence-corrected chi connectivity index (χ0v) is 18.0. The van der Waals surface area contributed by atoms with Gasteiger partial charge in [0.2, 0.25) is 5.79 Å². The second-order valence-electron chi connectivity index (χ2n) is 8.53. The second-order valence-corrected chi connectivity index (χ2v) is 13.3. The van der Waals surface area contributed by atoms with Gasteiger partial charge in [-0.1, -0.05) is 32.9 Å². The van der Waals surface area contributed by atoms with E-state index < -0.39 is 20.1 Å². The number of cyclic esters (lactones) is 1. The highest BCUT2D eigenvalue weighted by molar-refractivity contribution is 6.74. The first kappa shape index (κ1) is 20.8. The van der Waals surface area contributed by atoms with E-state index in [2.05, 4.69) is 39.9 Å². The van der Waals surface area contributed by atoms with E-state index in [9.17, 15) is 4.79 Å². The number of nitrogens with zero attached hydrogens (tertiary/aromatic N) is 1. The van der Waals surface area contributed by atoms with Crippen molar-refractivity contribution in [3.05, 3.63) is 53.3 Å². The van der Waals surface area contributed by atoms with Crippen molar-refractivity contribution in [2.45, 2.75) is 58.5 Å². The molecule has 0 N–H and O–H groups in total. The van der Waals surface area contributed by atoms with Crippen LogP contribution in [-0.4, -0.2) is 20.1 Å². The first-order chi connectivity index (χ1) is 12.3. The Labute approximate surface area is 162 Å². The molecule has 0 bridgehead atoms. The molecular weight excluding hydrogens is 358 g/mol. The van der Waals surface area contributed by atoms with Crippen LogP contribution in [0, 0.1) is 11.3 Å². The zero-order valence-electron chi connectivity index (χ0n) is 17.0. The molecular formula is C21H27NO4Si. The molecule has 1 aromatic carbocycles. The van der Waals surface area contributed by atoms with Crippen molar-refractivity contribution in [1.29, 1.82) is 5.26 Å². The monoisotopic (exact) mass is 385 g/mol. The smallest absolute Gasteiger partial charge is 0.337 e. The number of carbonyl (C=O) groups excluding carboxylic acids is 1. The minimum Gasteiger partial charge on any atom is -0.543 e. The van der Waals surface area contributed by atoms with Gasteiger partial charge in [0.1, 0.15) is 11.5 Å². The summed E-state index contributed by atoms with van der Waals surface area (Å²) in [5.41, 5.74) is 1.39. The number of carbonyl (C=O) groups is 1. The van der Waals surface area contributed by atoms with Crippen LogP contribution in [0.25, 0.3) is 5.76 Å². The highest BCUT2D eigenvalue weighted by atomic mass is 28.4. The fourth-order valence-electron chi connectivity index (χ4n) is 2.23. The first-order valence-corrected chi connectivity index (χ1v) is 11.8. The van der Waals surface area contributed by atoms with Gasteiger partial charge in [-0.25, -0.2) is 4.79 Å². The van der Waals surface area contributed by atoms with Crippen molar-refractivity contribution in [1.82, 2.24) is 0 Å². The third-order valence-electron chi connectivity index (χ3n) is 4.71. The first-order valence-electron chi connectivity index (χ1n) is 8.88. The average molecular weight is 386 g/mol. The van der Waals surface area contributed by atoms with Crippen LogP contribution in [0.15, 0.2) is 42.2 Å². The van der Waals surface area contributed by atoms with Gasteiger partial charge in [-0.2, -0.15) is 5.26 Å². The average Bonchev–Trinajstić information content (AvgIpc) is 2.51. The van der Waals surface area contributed by atoms with E-state index in [1.165, 1.54) is 6.08 Å². The number of benzene rings is 1. The molecule has 5 nitrogen and oxygen atoms in total. The molecule has 1 heterocycles. The summed E-state index contributed by atoms with van der Waals surface area (Å²) in [6, 6.07) is 9.28. The Hall–Kier alpha value is -2.52. The summed E-state index contributed by atoms with van der Waals surface area (Å²) in [5, 5.41) is 9.04. The van der Waals surface area contributed by atoms with Gasteiger partial charge in [0, 0.05) is 25.5 Å². The summed E-state index contributed by atoms with van der Waals surface area (Å²) >= 11 is 0. The van der Waals surface area contributed by atoms with E-state index in [0.29, 0.717) is 17.1 Å². The van der Waals surface area contributed by atoms with Crippen molar-refractivity contribution in [2.24, 2.45) is 0 Å². The molecule has 0 fully saturated rings. The Kier molecular flexibility index (Phi) is 5.57. The van der Waals surface area contributed by atoms with Crippen molar-refractivity contribution in [2.75, 3.05) is 0 Å². The lowest BCUT2D eigenvalue weighted by Crippen LogP contribution is -2.40. The second kappa shape index (κ2) is 7.24. The number of nitriles is 1. The number of hydrogen-bond acceptors (Lipinski definition) is 5. The third-order valence-corrected chi connectivity index (χ3v) is 9.06. The lowest BCUT2D eigenvalue weighted by atomic mass is 10.1. The van der Waals surface area contributed by atoms with Crippen LogP contribution in [0.4, 0.5) is 0 Å². The number of esters is 1. The maximum Gasteiger partial charge on any atom is 0.337 e. The summed E-state index contributed by atoms with van der Waals surface area (Å²) in [5.74, 6) is -0.495. The van der Waals surface area contributed by atoms with Crippen LogP contribution in [0.5, 0.6) is 0 Å². The fourth-order valence-corrected chi connectivity index (χ4v) is 3.26. The number of rotatable bonds is 4. The van der Waals surface area contributed by atoms with E-state index in [1.54, 1.807) is 32.1 Å². The van der Waals surface area contributed by atoms with Gasteiger partial charge in [0.15, 0.2) is 0 Å². The van der Waals surface area contributed by atoms with Crippen LogP contribution in [0.3, 0.4) is 0 Å². The molecule has 1 aromatic rings. The van der Waals surface area contributed by atoms with Gasteiger partial charge in [0.25, 0.3) is 8.32 Å². The quantitative estimate of drug-likeness (QED) is 0.409. The van der Waals surface area contributed by atoms with Crippen LogP contribution in [0.2, 0.25) is 18.1 Å².